The molecule has 1 fully saturated rings. The van der Waals surface area contributed by atoms with Crippen LogP contribution in [0.2, 0.25) is 0 Å². The molecule has 6 nitrogen and oxygen atoms in total. The average molecular weight is 380 g/mol. The van der Waals surface area contributed by atoms with Crippen LogP contribution >= 0.6 is 0 Å². The molecule has 3 N–H and O–H groups in total. The number of carbonyl (C=O) groups is 3. The molecule has 146 valence electrons. The molecule has 1 atom stereocenters. The highest BCUT2D eigenvalue weighted by molar-refractivity contribution is 5.97. The van der Waals surface area contributed by atoms with E-state index < -0.39 is 12.0 Å². The first-order chi connectivity index (χ1) is 13.5. The number of carboxylic acid groups (broad SMARTS) is 1. The fourth-order valence-corrected chi connectivity index (χ4v) is 3.20. The molecule has 0 heterocycles. The lowest BCUT2D eigenvalue weighted by molar-refractivity contribution is -0.138. The molecule has 0 saturated heterocycles. The Morgan fingerprint density at radius 1 is 0.964 bits per heavy atom. The van der Waals surface area contributed by atoms with Gasteiger partial charge in [-0.3, -0.25) is 14.4 Å². The maximum Gasteiger partial charge on any atom is 0.303 e. The summed E-state index contributed by atoms with van der Waals surface area (Å²) in [6.45, 7) is 0.310. The third-order valence-corrected chi connectivity index (χ3v) is 5.06. The Kier molecular flexibility index (Phi) is 6.09. The summed E-state index contributed by atoms with van der Waals surface area (Å²) in [5.41, 5.74) is 1.07. The molecule has 3 rings (SSSR count). The highest BCUT2D eigenvalue weighted by Gasteiger charge is 2.44. The number of amides is 2. The van der Waals surface area contributed by atoms with Crippen molar-refractivity contribution >= 4 is 17.8 Å². The van der Waals surface area contributed by atoms with Gasteiger partial charge >= 0.3 is 5.97 Å². The van der Waals surface area contributed by atoms with Gasteiger partial charge in [0, 0.05) is 18.5 Å². The molecule has 0 spiro atoms. The summed E-state index contributed by atoms with van der Waals surface area (Å²) in [7, 11) is 0. The number of rotatable bonds is 9. The molecule has 0 aliphatic heterocycles. The Morgan fingerprint density at radius 3 is 2.14 bits per heavy atom. The van der Waals surface area contributed by atoms with Crippen molar-refractivity contribution in [3.05, 3.63) is 71.8 Å². The van der Waals surface area contributed by atoms with E-state index in [1.165, 1.54) is 0 Å². The third-order valence-electron chi connectivity index (χ3n) is 5.06. The molecule has 0 aromatic heterocycles. The van der Waals surface area contributed by atoms with Gasteiger partial charge in [-0.05, 0) is 36.0 Å². The van der Waals surface area contributed by atoms with Crippen LogP contribution in [0, 0.1) is 5.41 Å². The van der Waals surface area contributed by atoms with Crippen molar-refractivity contribution in [2.45, 2.75) is 31.7 Å². The van der Waals surface area contributed by atoms with Gasteiger partial charge in [-0.25, -0.2) is 0 Å². The normalized spacial score (nSPS) is 15.3. The zero-order valence-corrected chi connectivity index (χ0v) is 15.6. The van der Waals surface area contributed by atoms with Crippen LogP contribution in [0.15, 0.2) is 60.7 Å². The molecule has 1 aliphatic rings. The molecule has 0 bridgehead atoms. The van der Waals surface area contributed by atoms with Gasteiger partial charge in [0.25, 0.3) is 5.91 Å². The van der Waals surface area contributed by atoms with Gasteiger partial charge < -0.3 is 15.7 Å². The van der Waals surface area contributed by atoms with Crippen molar-refractivity contribution in [2.75, 3.05) is 6.54 Å². The maximum atomic E-state index is 12.8. The van der Waals surface area contributed by atoms with E-state index >= 15 is 0 Å². The first-order valence-electron chi connectivity index (χ1n) is 9.37. The molecule has 1 aliphatic carbocycles. The summed E-state index contributed by atoms with van der Waals surface area (Å²) >= 11 is 0. The molecule has 2 amide bonds. The number of hydrogen-bond donors (Lipinski definition) is 3. The fourth-order valence-electron chi connectivity index (χ4n) is 3.20. The largest absolute Gasteiger partial charge is 0.481 e. The highest BCUT2D eigenvalue weighted by Crippen LogP contribution is 2.48. The first kappa shape index (κ1) is 19.6. The van der Waals surface area contributed by atoms with E-state index in [0.717, 1.165) is 18.4 Å². The Balaban J connectivity index is 1.67. The van der Waals surface area contributed by atoms with Crippen molar-refractivity contribution in [3.8, 4) is 0 Å². The van der Waals surface area contributed by atoms with Crippen LogP contribution in [0.4, 0.5) is 0 Å². The van der Waals surface area contributed by atoms with Gasteiger partial charge in [-0.2, -0.15) is 0 Å². The number of hydrogen-bond acceptors (Lipinski definition) is 3. The van der Waals surface area contributed by atoms with Gasteiger partial charge in [-0.1, -0.05) is 48.5 Å². The summed E-state index contributed by atoms with van der Waals surface area (Å²) in [5.74, 6) is -1.47. The van der Waals surface area contributed by atoms with Crippen LogP contribution < -0.4 is 10.6 Å². The van der Waals surface area contributed by atoms with Crippen LogP contribution in [0.25, 0.3) is 0 Å². The molecule has 2 aromatic rings. The number of carboxylic acids is 1. The molecule has 0 radical (unpaired) electrons. The van der Waals surface area contributed by atoms with Crippen LogP contribution in [0.3, 0.4) is 0 Å². The van der Waals surface area contributed by atoms with Gasteiger partial charge in [0.15, 0.2) is 0 Å². The van der Waals surface area contributed by atoms with Crippen LogP contribution in [0.5, 0.6) is 0 Å². The first-order valence-corrected chi connectivity index (χ1v) is 9.37. The van der Waals surface area contributed by atoms with Crippen molar-refractivity contribution in [3.63, 3.8) is 0 Å². The summed E-state index contributed by atoms with van der Waals surface area (Å²) < 4.78 is 0. The molecular weight excluding hydrogens is 356 g/mol. The topological polar surface area (TPSA) is 95.5 Å². The Morgan fingerprint density at radius 2 is 1.57 bits per heavy atom. The Bertz CT molecular complexity index is 832. The predicted octanol–water partition coefficient (Wildman–Crippen LogP) is 2.40. The number of carbonyl (C=O) groups excluding carboxylic acids is 2. The average Bonchev–Trinajstić information content (AvgIpc) is 3.46. The molecule has 1 unspecified atom stereocenters. The van der Waals surface area contributed by atoms with Crippen molar-refractivity contribution in [2.24, 2.45) is 5.41 Å². The number of nitrogens with one attached hydrogen (secondary N) is 2. The lowest BCUT2D eigenvalue weighted by Gasteiger charge is -2.21. The van der Waals surface area contributed by atoms with Gasteiger partial charge in [-0.15, -0.1) is 0 Å². The molecule has 6 heteroatoms. The van der Waals surface area contributed by atoms with Crippen LogP contribution in [0.1, 0.15) is 35.2 Å². The molecule has 1 saturated carbocycles. The molecular formula is C22H24N2O4. The van der Waals surface area contributed by atoms with Crippen molar-refractivity contribution < 1.29 is 19.5 Å². The minimum Gasteiger partial charge on any atom is -0.481 e. The van der Waals surface area contributed by atoms with Gasteiger partial charge in [0.05, 0.1) is 6.42 Å². The number of benzene rings is 2. The SMILES string of the molecule is O=C(O)CC1(CNC(=O)C(Cc2ccccc2)NC(=O)c2ccccc2)CC1. The van der Waals surface area contributed by atoms with E-state index in [1.807, 2.05) is 36.4 Å². The highest BCUT2D eigenvalue weighted by atomic mass is 16.4. The summed E-state index contributed by atoms with van der Waals surface area (Å²) in [6.07, 6.45) is 1.99. The van der Waals surface area contributed by atoms with E-state index in [9.17, 15) is 14.4 Å². The Labute approximate surface area is 164 Å². The summed E-state index contributed by atoms with van der Waals surface area (Å²) in [4.78, 5) is 36.3. The zero-order chi connectivity index (χ0) is 20.0. The Hall–Kier alpha value is -3.15. The van der Waals surface area contributed by atoms with E-state index in [0.29, 0.717) is 18.5 Å². The van der Waals surface area contributed by atoms with E-state index in [2.05, 4.69) is 10.6 Å². The fraction of sp³-hybridized carbons (Fsp3) is 0.318. The quantitative estimate of drug-likeness (QED) is 0.622. The lowest BCUT2D eigenvalue weighted by Crippen LogP contribution is -2.49. The summed E-state index contributed by atoms with van der Waals surface area (Å²) in [5, 5.41) is 14.7. The lowest BCUT2D eigenvalue weighted by atomic mass is 10.0. The summed E-state index contributed by atoms with van der Waals surface area (Å²) in [6, 6.07) is 17.5. The second-order valence-electron chi connectivity index (χ2n) is 7.37. The van der Waals surface area contributed by atoms with Gasteiger partial charge in [0.1, 0.15) is 6.04 Å². The predicted molar refractivity (Wildman–Crippen MR) is 105 cm³/mol. The molecule has 28 heavy (non-hydrogen) atoms. The second kappa shape index (κ2) is 8.69. The van der Waals surface area contributed by atoms with E-state index in [-0.39, 0.29) is 23.7 Å². The van der Waals surface area contributed by atoms with Gasteiger partial charge in [0.2, 0.25) is 5.91 Å². The van der Waals surface area contributed by atoms with Crippen molar-refractivity contribution in [1.29, 1.82) is 0 Å². The van der Waals surface area contributed by atoms with E-state index in [4.69, 9.17) is 5.11 Å². The third kappa shape index (κ3) is 5.42. The second-order valence-corrected chi connectivity index (χ2v) is 7.37. The monoisotopic (exact) mass is 380 g/mol. The van der Waals surface area contributed by atoms with Crippen molar-refractivity contribution in [1.82, 2.24) is 10.6 Å². The van der Waals surface area contributed by atoms with Crippen LogP contribution in [-0.2, 0) is 16.0 Å². The van der Waals surface area contributed by atoms with E-state index in [1.54, 1.807) is 24.3 Å². The zero-order valence-electron chi connectivity index (χ0n) is 15.6. The number of aliphatic carboxylic acids is 1. The smallest absolute Gasteiger partial charge is 0.303 e. The minimum absolute atomic E-state index is 0.0486. The van der Waals surface area contributed by atoms with Crippen LogP contribution in [-0.4, -0.2) is 35.5 Å². The minimum atomic E-state index is -0.857. The molecule has 2 aromatic carbocycles. The standard InChI is InChI=1S/C22H24N2O4/c25-19(26)14-22(11-12-22)15-23-21(28)18(13-16-7-3-1-4-8-16)24-20(27)17-9-5-2-6-10-17/h1-10,18H,11-15H2,(H,23,28)(H,24,27)(H,25,26). The maximum absolute atomic E-state index is 12.8.